The van der Waals surface area contributed by atoms with Crippen LogP contribution in [0.1, 0.15) is 44.7 Å². The lowest BCUT2D eigenvalue weighted by Gasteiger charge is -2.33. The van der Waals surface area contributed by atoms with E-state index in [0.29, 0.717) is 59.7 Å². The van der Waals surface area contributed by atoms with E-state index in [0.717, 1.165) is 0 Å². The van der Waals surface area contributed by atoms with Crippen molar-refractivity contribution in [2.45, 2.75) is 49.4 Å². The van der Waals surface area contributed by atoms with Crippen LogP contribution in [0.15, 0.2) is 53.7 Å². The van der Waals surface area contributed by atoms with Crippen molar-refractivity contribution in [3.63, 3.8) is 0 Å². The van der Waals surface area contributed by atoms with Gasteiger partial charge in [-0.25, -0.2) is 27.6 Å². The van der Waals surface area contributed by atoms with Crippen molar-refractivity contribution < 1.29 is 22.3 Å². The Bertz CT molecular complexity index is 1670. The lowest BCUT2D eigenvalue weighted by molar-refractivity contribution is 0.0217. The first-order valence-corrected chi connectivity index (χ1v) is 14.6. The third-order valence-corrected chi connectivity index (χ3v) is 8.80. The van der Waals surface area contributed by atoms with E-state index >= 15 is 0 Å². The highest BCUT2D eigenvalue weighted by molar-refractivity contribution is 7.92. The Balaban J connectivity index is 1.18. The molecule has 0 bridgehead atoms. The SMILES string of the molecule is CC(C)(C)OC(=O)N1CCC(S(=O)(=O)c2ccc(Nc3ncc(/C=C/c4cc(F)cc5[nH]nnc45)cn3)cc2)CC1. The van der Waals surface area contributed by atoms with E-state index < -0.39 is 32.6 Å². The topological polar surface area (TPSA) is 143 Å². The summed E-state index contributed by atoms with van der Waals surface area (Å²) in [5.74, 6) is -0.0710. The van der Waals surface area contributed by atoms with Gasteiger partial charge in [0.05, 0.1) is 15.7 Å². The van der Waals surface area contributed by atoms with Crippen molar-refractivity contribution in [2.75, 3.05) is 18.4 Å². The van der Waals surface area contributed by atoms with Gasteiger partial charge in [-0.2, -0.15) is 0 Å². The van der Waals surface area contributed by atoms with Crippen molar-refractivity contribution in [1.29, 1.82) is 0 Å². The average Bonchev–Trinajstić information content (AvgIpc) is 3.40. The Kier molecular flexibility index (Phi) is 7.72. The molecule has 41 heavy (non-hydrogen) atoms. The highest BCUT2D eigenvalue weighted by Gasteiger charge is 2.34. The zero-order valence-corrected chi connectivity index (χ0v) is 23.7. The fraction of sp³-hybridized carbons (Fsp3) is 0.321. The number of aromatic amines is 1. The van der Waals surface area contributed by atoms with Crippen molar-refractivity contribution >= 4 is 50.8 Å². The van der Waals surface area contributed by atoms with Gasteiger partial charge in [0, 0.05) is 48.4 Å². The van der Waals surface area contributed by atoms with E-state index in [1.807, 2.05) is 0 Å². The number of aromatic nitrogens is 5. The normalized spacial score (nSPS) is 15.0. The summed E-state index contributed by atoms with van der Waals surface area (Å²) in [6, 6.07) is 9.13. The van der Waals surface area contributed by atoms with E-state index in [1.165, 1.54) is 12.1 Å². The Morgan fingerprint density at radius 3 is 2.44 bits per heavy atom. The van der Waals surface area contributed by atoms with Crippen LogP contribution in [0.25, 0.3) is 23.2 Å². The van der Waals surface area contributed by atoms with Gasteiger partial charge in [0.15, 0.2) is 9.84 Å². The number of carbonyl (C=O) groups is 1. The standard InChI is InChI=1S/C28H30FN7O4S/c1-28(2,3)40-27(37)36-12-10-23(11-13-36)41(38,39)22-8-6-21(7-9-22)32-26-30-16-18(17-31-26)4-5-19-14-20(29)15-24-25(19)34-35-33-24/h4-9,14-17,23H,10-13H2,1-3H3,(H,30,31,32)(H,33,34,35)/b5-4+. The number of benzene rings is 2. The number of fused-ring (bicyclic) bond motifs is 1. The fourth-order valence-electron chi connectivity index (χ4n) is 4.47. The average molecular weight is 580 g/mol. The largest absolute Gasteiger partial charge is 0.444 e. The maximum Gasteiger partial charge on any atom is 0.410 e. The number of amides is 1. The number of ether oxygens (including phenoxy) is 1. The van der Waals surface area contributed by atoms with Crippen LogP contribution in [0.2, 0.25) is 0 Å². The molecule has 1 aliphatic heterocycles. The molecule has 4 aromatic rings. The zero-order valence-electron chi connectivity index (χ0n) is 22.8. The summed E-state index contributed by atoms with van der Waals surface area (Å²) in [6.45, 7) is 6.05. The number of nitrogens with zero attached hydrogens (tertiary/aromatic N) is 5. The molecule has 1 saturated heterocycles. The maximum absolute atomic E-state index is 13.8. The maximum atomic E-state index is 13.8. The Morgan fingerprint density at radius 1 is 1.10 bits per heavy atom. The molecular formula is C28H30FN7O4S. The minimum atomic E-state index is -3.56. The predicted molar refractivity (Wildman–Crippen MR) is 153 cm³/mol. The molecule has 5 rings (SSSR count). The smallest absolute Gasteiger partial charge is 0.410 e. The second-order valence-corrected chi connectivity index (χ2v) is 13.0. The van der Waals surface area contributed by atoms with Gasteiger partial charge in [-0.15, -0.1) is 5.10 Å². The molecular weight excluding hydrogens is 549 g/mol. The molecule has 2 aromatic carbocycles. The van der Waals surface area contributed by atoms with Crippen molar-refractivity contribution in [1.82, 2.24) is 30.3 Å². The van der Waals surface area contributed by atoms with Crippen LogP contribution in [-0.2, 0) is 14.6 Å². The van der Waals surface area contributed by atoms with Gasteiger partial charge in [-0.3, -0.25) is 5.10 Å². The van der Waals surface area contributed by atoms with E-state index in [4.69, 9.17) is 4.74 Å². The van der Waals surface area contributed by atoms with E-state index in [9.17, 15) is 17.6 Å². The van der Waals surface area contributed by atoms with Gasteiger partial charge >= 0.3 is 6.09 Å². The molecule has 0 spiro atoms. The van der Waals surface area contributed by atoms with Crippen molar-refractivity contribution in [3.8, 4) is 0 Å². The number of H-pyrrole nitrogens is 1. The lowest BCUT2D eigenvalue weighted by Crippen LogP contribution is -2.44. The van der Waals surface area contributed by atoms with Crippen LogP contribution in [0.5, 0.6) is 0 Å². The first-order valence-electron chi connectivity index (χ1n) is 13.1. The van der Waals surface area contributed by atoms with Crippen LogP contribution in [0, 0.1) is 5.82 Å². The highest BCUT2D eigenvalue weighted by Crippen LogP contribution is 2.27. The third kappa shape index (κ3) is 6.68. The Labute approximate surface area is 236 Å². The van der Waals surface area contributed by atoms with Gasteiger partial charge in [0.2, 0.25) is 5.95 Å². The van der Waals surface area contributed by atoms with Gasteiger partial charge < -0.3 is 15.0 Å². The molecule has 1 aliphatic rings. The molecule has 1 amide bonds. The predicted octanol–water partition coefficient (Wildman–Crippen LogP) is 4.97. The van der Waals surface area contributed by atoms with Crippen LogP contribution in [0.4, 0.5) is 20.8 Å². The van der Waals surface area contributed by atoms with Gasteiger partial charge in [-0.1, -0.05) is 17.4 Å². The number of carbonyl (C=O) groups excluding carboxylic acids is 1. The molecule has 0 saturated carbocycles. The van der Waals surface area contributed by atoms with E-state index in [-0.39, 0.29) is 4.90 Å². The number of sulfone groups is 1. The quantitative estimate of drug-likeness (QED) is 0.323. The molecule has 0 unspecified atom stereocenters. The highest BCUT2D eigenvalue weighted by atomic mass is 32.2. The molecule has 0 aliphatic carbocycles. The number of piperidine rings is 1. The number of rotatable bonds is 6. The minimum Gasteiger partial charge on any atom is -0.444 e. The molecule has 2 aromatic heterocycles. The Morgan fingerprint density at radius 2 is 1.78 bits per heavy atom. The summed E-state index contributed by atoms with van der Waals surface area (Å²) in [6.07, 6.45) is 6.93. The van der Waals surface area contributed by atoms with E-state index in [2.05, 4.69) is 30.7 Å². The van der Waals surface area contributed by atoms with Crippen LogP contribution < -0.4 is 5.32 Å². The number of anilines is 2. The molecule has 0 radical (unpaired) electrons. The first kappa shape index (κ1) is 28.1. The molecule has 214 valence electrons. The van der Waals surface area contributed by atoms with E-state index in [1.54, 1.807) is 74.5 Å². The summed E-state index contributed by atoms with van der Waals surface area (Å²) < 4.78 is 45.7. The molecule has 3 heterocycles. The summed E-state index contributed by atoms with van der Waals surface area (Å²) in [5, 5.41) is 12.8. The fourth-order valence-corrected chi connectivity index (χ4v) is 6.20. The van der Waals surface area contributed by atoms with Crippen LogP contribution >= 0.6 is 0 Å². The number of hydrogen-bond acceptors (Lipinski definition) is 9. The second-order valence-electron chi connectivity index (χ2n) is 10.7. The monoisotopic (exact) mass is 579 g/mol. The van der Waals surface area contributed by atoms with Crippen LogP contribution in [0.3, 0.4) is 0 Å². The molecule has 1 fully saturated rings. The summed E-state index contributed by atoms with van der Waals surface area (Å²) in [4.78, 5) is 22.7. The number of halogens is 1. The number of nitrogens with one attached hydrogen (secondary N) is 2. The minimum absolute atomic E-state index is 0.221. The molecule has 11 nitrogen and oxygen atoms in total. The molecule has 2 N–H and O–H groups in total. The summed E-state index contributed by atoms with van der Waals surface area (Å²) in [5.41, 5.74) is 2.34. The summed E-state index contributed by atoms with van der Waals surface area (Å²) in [7, 11) is -3.56. The third-order valence-electron chi connectivity index (χ3n) is 6.52. The molecule has 13 heteroatoms. The summed E-state index contributed by atoms with van der Waals surface area (Å²) >= 11 is 0. The van der Waals surface area contributed by atoms with Crippen molar-refractivity contribution in [2.24, 2.45) is 0 Å². The Hall–Kier alpha value is -4.39. The van der Waals surface area contributed by atoms with Gasteiger partial charge in [-0.05, 0) is 63.9 Å². The van der Waals surface area contributed by atoms with Gasteiger partial charge in [0.1, 0.15) is 16.9 Å². The molecule has 0 atom stereocenters. The zero-order chi connectivity index (χ0) is 29.2. The van der Waals surface area contributed by atoms with Crippen molar-refractivity contribution in [3.05, 3.63) is 65.7 Å². The van der Waals surface area contributed by atoms with Gasteiger partial charge in [0.25, 0.3) is 0 Å². The first-order chi connectivity index (χ1) is 19.5. The number of likely N-dealkylation sites (tertiary alicyclic amines) is 1. The number of hydrogen-bond donors (Lipinski definition) is 2. The lowest BCUT2D eigenvalue weighted by atomic mass is 10.1. The van der Waals surface area contributed by atoms with Crippen LogP contribution in [-0.4, -0.2) is 68.7 Å². The second kappa shape index (κ2) is 11.2.